The molecule has 1 heterocycles. The first kappa shape index (κ1) is 8.27. The van der Waals surface area contributed by atoms with Crippen LogP contribution in [0.4, 0.5) is 0 Å². The number of aromatic nitrogens is 2. The molecular formula is C8H15N3. The van der Waals surface area contributed by atoms with E-state index in [9.17, 15) is 0 Å². The number of hydrogen-bond acceptors (Lipinski definition) is 2. The highest BCUT2D eigenvalue weighted by Gasteiger charge is 2.09. The second kappa shape index (κ2) is 3.05. The van der Waals surface area contributed by atoms with Crippen LogP contribution >= 0.6 is 0 Å². The van der Waals surface area contributed by atoms with E-state index in [1.165, 1.54) is 0 Å². The first-order valence-electron chi connectivity index (χ1n) is 3.88. The van der Waals surface area contributed by atoms with Crippen LogP contribution in [0, 0.1) is 6.92 Å². The maximum Gasteiger partial charge on any atom is 0.0639 e. The number of aryl methyl sites for hydroxylation is 1. The molecule has 2 unspecified atom stereocenters. The second-order valence-corrected chi connectivity index (χ2v) is 3.04. The van der Waals surface area contributed by atoms with Gasteiger partial charge in [0, 0.05) is 12.2 Å². The fourth-order valence-corrected chi connectivity index (χ4v) is 0.901. The van der Waals surface area contributed by atoms with Crippen molar-refractivity contribution in [2.45, 2.75) is 32.9 Å². The van der Waals surface area contributed by atoms with Gasteiger partial charge >= 0.3 is 0 Å². The minimum atomic E-state index is 0.147. The second-order valence-electron chi connectivity index (χ2n) is 3.04. The van der Waals surface area contributed by atoms with E-state index in [-0.39, 0.29) is 12.1 Å². The Balaban J connectivity index is 2.76. The molecule has 0 saturated heterocycles. The van der Waals surface area contributed by atoms with Crippen molar-refractivity contribution in [3.8, 4) is 0 Å². The first-order chi connectivity index (χ1) is 5.11. The average Bonchev–Trinajstić information content (AvgIpc) is 2.34. The summed E-state index contributed by atoms with van der Waals surface area (Å²) in [7, 11) is 0. The summed E-state index contributed by atoms with van der Waals surface area (Å²) < 4.78 is 1.90. The van der Waals surface area contributed by atoms with Crippen molar-refractivity contribution < 1.29 is 0 Å². The molecule has 1 aromatic heterocycles. The van der Waals surface area contributed by atoms with E-state index in [1.54, 1.807) is 0 Å². The Kier molecular flexibility index (Phi) is 2.29. The van der Waals surface area contributed by atoms with Crippen LogP contribution in [-0.2, 0) is 0 Å². The Labute approximate surface area is 67.2 Å². The molecule has 0 aliphatic heterocycles. The largest absolute Gasteiger partial charge is 0.326 e. The van der Waals surface area contributed by atoms with Crippen molar-refractivity contribution in [1.29, 1.82) is 0 Å². The molecule has 0 aliphatic carbocycles. The Hall–Kier alpha value is -0.830. The van der Waals surface area contributed by atoms with Gasteiger partial charge in [-0.15, -0.1) is 0 Å². The molecule has 2 N–H and O–H groups in total. The van der Waals surface area contributed by atoms with Gasteiger partial charge in [0.2, 0.25) is 0 Å². The summed E-state index contributed by atoms with van der Waals surface area (Å²) in [6.07, 6.45) is 1.96. The summed E-state index contributed by atoms with van der Waals surface area (Å²) in [6.45, 7) is 6.03. The summed E-state index contributed by atoms with van der Waals surface area (Å²) in [4.78, 5) is 0. The zero-order valence-electron chi connectivity index (χ0n) is 7.28. The normalized spacial score (nSPS) is 16.4. The van der Waals surface area contributed by atoms with Crippen molar-refractivity contribution in [2.75, 3.05) is 0 Å². The lowest BCUT2D eigenvalue weighted by Crippen LogP contribution is -2.27. The number of nitrogens with two attached hydrogens (primary N) is 1. The fraction of sp³-hybridized carbons (Fsp3) is 0.625. The van der Waals surface area contributed by atoms with Gasteiger partial charge in [-0.1, -0.05) is 0 Å². The molecule has 3 nitrogen and oxygen atoms in total. The van der Waals surface area contributed by atoms with Crippen molar-refractivity contribution in [1.82, 2.24) is 9.78 Å². The first-order valence-corrected chi connectivity index (χ1v) is 3.88. The molecule has 11 heavy (non-hydrogen) atoms. The summed E-state index contributed by atoms with van der Waals surface area (Å²) in [5.74, 6) is 0. The third-order valence-corrected chi connectivity index (χ3v) is 1.92. The van der Waals surface area contributed by atoms with Gasteiger partial charge in [-0.05, 0) is 26.8 Å². The molecule has 3 heteroatoms. The molecule has 0 amide bonds. The van der Waals surface area contributed by atoms with Gasteiger partial charge in [-0.2, -0.15) is 5.10 Å². The lowest BCUT2D eigenvalue weighted by Gasteiger charge is -2.15. The molecule has 0 bridgehead atoms. The van der Waals surface area contributed by atoms with Gasteiger partial charge in [-0.3, -0.25) is 4.68 Å². The predicted octanol–water partition coefficient (Wildman–Crippen LogP) is 1.10. The van der Waals surface area contributed by atoms with E-state index in [2.05, 4.69) is 12.0 Å². The van der Waals surface area contributed by atoms with Crippen molar-refractivity contribution in [3.63, 3.8) is 0 Å². The zero-order valence-corrected chi connectivity index (χ0v) is 7.28. The Morgan fingerprint density at radius 3 is 2.55 bits per heavy atom. The highest BCUT2D eigenvalue weighted by Crippen LogP contribution is 2.07. The standard InChI is InChI=1S/C8H15N3/c1-6-4-5-11(10-6)8(3)7(2)9/h4-5,7-8H,9H2,1-3H3. The van der Waals surface area contributed by atoms with Crippen LogP contribution in [0.1, 0.15) is 25.6 Å². The summed E-state index contributed by atoms with van der Waals surface area (Å²) in [6, 6.07) is 2.41. The lowest BCUT2D eigenvalue weighted by atomic mass is 10.2. The van der Waals surface area contributed by atoms with Crippen LogP contribution < -0.4 is 5.73 Å². The lowest BCUT2D eigenvalue weighted by molar-refractivity contribution is 0.424. The van der Waals surface area contributed by atoms with Crippen LogP contribution in [0.25, 0.3) is 0 Å². The van der Waals surface area contributed by atoms with Crippen molar-refractivity contribution in [3.05, 3.63) is 18.0 Å². The van der Waals surface area contributed by atoms with E-state index < -0.39 is 0 Å². The number of hydrogen-bond donors (Lipinski definition) is 1. The van der Waals surface area contributed by atoms with E-state index in [0.717, 1.165) is 5.69 Å². The van der Waals surface area contributed by atoms with Crippen LogP contribution in [0.3, 0.4) is 0 Å². The SMILES string of the molecule is Cc1ccn(C(C)C(C)N)n1. The quantitative estimate of drug-likeness (QED) is 0.691. The van der Waals surface area contributed by atoms with E-state index in [4.69, 9.17) is 5.73 Å². The molecule has 0 spiro atoms. The highest BCUT2D eigenvalue weighted by molar-refractivity contribution is 4.96. The third kappa shape index (κ3) is 1.80. The zero-order chi connectivity index (χ0) is 8.43. The predicted molar refractivity (Wildman–Crippen MR) is 45.3 cm³/mol. The number of nitrogens with zero attached hydrogens (tertiary/aromatic N) is 2. The van der Waals surface area contributed by atoms with Gasteiger partial charge in [0.05, 0.1) is 11.7 Å². The maximum absolute atomic E-state index is 5.72. The molecule has 0 radical (unpaired) electrons. The molecule has 2 atom stereocenters. The summed E-state index contributed by atoms with van der Waals surface area (Å²) in [5, 5.41) is 4.27. The van der Waals surface area contributed by atoms with E-state index in [1.807, 2.05) is 30.8 Å². The Morgan fingerprint density at radius 1 is 1.55 bits per heavy atom. The smallest absolute Gasteiger partial charge is 0.0639 e. The molecule has 0 aliphatic rings. The monoisotopic (exact) mass is 153 g/mol. The maximum atomic E-state index is 5.72. The minimum absolute atomic E-state index is 0.147. The fourth-order valence-electron chi connectivity index (χ4n) is 0.901. The Bertz CT molecular complexity index is 227. The molecule has 0 fully saturated rings. The summed E-state index contributed by atoms with van der Waals surface area (Å²) >= 11 is 0. The number of rotatable bonds is 2. The average molecular weight is 153 g/mol. The van der Waals surface area contributed by atoms with Gasteiger partial charge in [-0.25, -0.2) is 0 Å². The van der Waals surface area contributed by atoms with Crippen molar-refractivity contribution >= 4 is 0 Å². The van der Waals surface area contributed by atoms with Gasteiger partial charge in [0.25, 0.3) is 0 Å². The molecular weight excluding hydrogens is 138 g/mol. The van der Waals surface area contributed by atoms with Crippen molar-refractivity contribution in [2.24, 2.45) is 5.73 Å². The van der Waals surface area contributed by atoms with Crippen LogP contribution in [0.15, 0.2) is 12.3 Å². The van der Waals surface area contributed by atoms with Crippen LogP contribution in [0.2, 0.25) is 0 Å². The molecule has 62 valence electrons. The van der Waals surface area contributed by atoms with Gasteiger partial charge in [0.1, 0.15) is 0 Å². The molecule has 1 rings (SSSR count). The minimum Gasteiger partial charge on any atom is -0.326 e. The molecule has 0 saturated carbocycles. The Morgan fingerprint density at radius 2 is 2.18 bits per heavy atom. The molecule has 0 aromatic carbocycles. The third-order valence-electron chi connectivity index (χ3n) is 1.92. The van der Waals surface area contributed by atoms with Crippen LogP contribution in [-0.4, -0.2) is 15.8 Å². The van der Waals surface area contributed by atoms with Gasteiger partial charge in [0.15, 0.2) is 0 Å². The molecule has 1 aromatic rings. The van der Waals surface area contributed by atoms with Gasteiger partial charge < -0.3 is 5.73 Å². The van der Waals surface area contributed by atoms with E-state index >= 15 is 0 Å². The summed E-state index contributed by atoms with van der Waals surface area (Å²) in [5.41, 5.74) is 6.76. The van der Waals surface area contributed by atoms with Crippen LogP contribution in [0.5, 0.6) is 0 Å². The van der Waals surface area contributed by atoms with E-state index in [0.29, 0.717) is 0 Å². The highest BCUT2D eigenvalue weighted by atomic mass is 15.3. The topological polar surface area (TPSA) is 43.8 Å².